The molecule has 0 radical (unpaired) electrons. The number of aryl methyl sites for hydroxylation is 1. The molecular formula is C13H15NO. The predicted octanol–water partition coefficient (Wildman–Crippen LogP) is 3.08. The minimum Gasteiger partial charge on any atom is -0.459 e. The fourth-order valence-electron chi connectivity index (χ4n) is 2.25. The summed E-state index contributed by atoms with van der Waals surface area (Å²) in [5.74, 6) is 1.68. The summed E-state index contributed by atoms with van der Waals surface area (Å²) in [6, 6.07) is 6.35. The molecule has 2 aromatic rings. The van der Waals surface area contributed by atoms with Gasteiger partial charge in [0.25, 0.3) is 0 Å². The zero-order valence-electron chi connectivity index (χ0n) is 8.92. The van der Waals surface area contributed by atoms with E-state index in [0.717, 1.165) is 11.3 Å². The molecule has 0 aliphatic heterocycles. The Morgan fingerprint density at radius 2 is 2.20 bits per heavy atom. The number of rotatable bonds is 2. The van der Waals surface area contributed by atoms with Crippen LogP contribution in [0.2, 0.25) is 0 Å². The van der Waals surface area contributed by atoms with Crippen LogP contribution < -0.4 is 5.73 Å². The van der Waals surface area contributed by atoms with Gasteiger partial charge in [0.05, 0.1) is 6.54 Å². The topological polar surface area (TPSA) is 39.2 Å². The molecular weight excluding hydrogens is 186 g/mol. The van der Waals surface area contributed by atoms with Crippen molar-refractivity contribution < 1.29 is 4.42 Å². The fraction of sp³-hybridized carbons (Fsp3) is 0.385. The average molecular weight is 201 g/mol. The molecule has 1 saturated carbocycles. The third-order valence-electron chi connectivity index (χ3n) is 3.13. The molecule has 0 bridgehead atoms. The van der Waals surface area contributed by atoms with Crippen LogP contribution in [0.25, 0.3) is 11.0 Å². The van der Waals surface area contributed by atoms with Gasteiger partial charge in [0, 0.05) is 10.9 Å². The van der Waals surface area contributed by atoms with Crippen molar-refractivity contribution in [3.05, 3.63) is 35.1 Å². The van der Waals surface area contributed by atoms with Gasteiger partial charge in [0.1, 0.15) is 11.3 Å². The number of hydrogen-bond acceptors (Lipinski definition) is 2. The second kappa shape index (κ2) is 3.11. The van der Waals surface area contributed by atoms with Crippen LogP contribution in [0, 0.1) is 6.92 Å². The highest BCUT2D eigenvalue weighted by Crippen LogP contribution is 2.46. The number of fused-ring (bicyclic) bond motifs is 1. The molecule has 2 heteroatoms. The summed E-state index contributed by atoms with van der Waals surface area (Å²) in [5.41, 5.74) is 9.37. The Kier molecular flexibility index (Phi) is 1.86. The number of hydrogen-bond donors (Lipinski definition) is 1. The summed E-state index contributed by atoms with van der Waals surface area (Å²) < 4.78 is 5.78. The minimum atomic E-state index is 0.513. The van der Waals surface area contributed by atoms with Crippen molar-refractivity contribution in [3.8, 4) is 0 Å². The maximum Gasteiger partial charge on any atom is 0.134 e. The Morgan fingerprint density at radius 1 is 1.40 bits per heavy atom. The maximum absolute atomic E-state index is 5.78. The third-order valence-corrected chi connectivity index (χ3v) is 3.13. The van der Waals surface area contributed by atoms with Gasteiger partial charge in [-0.05, 0) is 37.8 Å². The molecule has 1 heterocycles. The summed E-state index contributed by atoms with van der Waals surface area (Å²) in [5, 5.41) is 1.28. The second-order valence-corrected chi connectivity index (χ2v) is 4.42. The van der Waals surface area contributed by atoms with Gasteiger partial charge < -0.3 is 10.2 Å². The van der Waals surface area contributed by atoms with Gasteiger partial charge in [-0.1, -0.05) is 11.6 Å². The summed E-state index contributed by atoms with van der Waals surface area (Å²) in [4.78, 5) is 0. The number of furan rings is 1. The predicted molar refractivity (Wildman–Crippen MR) is 60.8 cm³/mol. The normalized spacial score (nSPS) is 16.1. The smallest absolute Gasteiger partial charge is 0.134 e. The lowest BCUT2D eigenvalue weighted by atomic mass is 10.0. The summed E-state index contributed by atoms with van der Waals surface area (Å²) in [7, 11) is 0. The first-order valence-corrected chi connectivity index (χ1v) is 5.51. The van der Waals surface area contributed by atoms with Gasteiger partial charge in [-0.3, -0.25) is 0 Å². The van der Waals surface area contributed by atoms with E-state index in [4.69, 9.17) is 10.2 Å². The van der Waals surface area contributed by atoms with Gasteiger partial charge in [0.15, 0.2) is 0 Å². The van der Waals surface area contributed by atoms with E-state index in [0.29, 0.717) is 12.5 Å². The van der Waals surface area contributed by atoms with E-state index in [9.17, 15) is 0 Å². The average Bonchev–Trinajstić information content (AvgIpc) is 2.99. The number of nitrogens with two attached hydrogens (primary N) is 1. The van der Waals surface area contributed by atoms with Crippen LogP contribution in [0.3, 0.4) is 0 Å². The standard InChI is InChI=1S/C13H15NO/c1-8-2-5-11-10(6-8)13(9-3-4-9)12(7-14)15-11/h2,5-6,9H,3-4,7,14H2,1H3. The lowest BCUT2D eigenvalue weighted by molar-refractivity contribution is 0.546. The maximum atomic E-state index is 5.78. The van der Waals surface area contributed by atoms with Gasteiger partial charge in [-0.25, -0.2) is 0 Å². The van der Waals surface area contributed by atoms with Crippen molar-refractivity contribution >= 4 is 11.0 Å². The van der Waals surface area contributed by atoms with Crippen LogP contribution in [0.1, 0.15) is 35.6 Å². The molecule has 1 aromatic carbocycles. The molecule has 2 N–H and O–H groups in total. The minimum absolute atomic E-state index is 0.513. The molecule has 1 aromatic heterocycles. The van der Waals surface area contributed by atoms with E-state index in [1.807, 2.05) is 0 Å². The fourth-order valence-corrected chi connectivity index (χ4v) is 2.25. The van der Waals surface area contributed by atoms with Crippen LogP contribution in [0.15, 0.2) is 22.6 Å². The Bertz CT molecular complexity index is 508. The molecule has 2 nitrogen and oxygen atoms in total. The zero-order valence-corrected chi connectivity index (χ0v) is 8.92. The van der Waals surface area contributed by atoms with Crippen molar-refractivity contribution in [2.45, 2.75) is 32.2 Å². The molecule has 78 valence electrons. The highest BCUT2D eigenvalue weighted by Gasteiger charge is 2.30. The van der Waals surface area contributed by atoms with Gasteiger partial charge in [0.2, 0.25) is 0 Å². The van der Waals surface area contributed by atoms with Crippen LogP contribution in [-0.4, -0.2) is 0 Å². The highest BCUT2D eigenvalue weighted by molar-refractivity contribution is 5.84. The lowest BCUT2D eigenvalue weighted by Gasteiger charge is -1.97. The lowest BCUT2D eigenvalue weighted by Crippen LogP contribution is -1.97. The summed E-state index contributed by atoms with van der Waals surface area (Å²) >= 11 is 0. The zero-order chi connectivity index (χ0) is 10.4. The molecule has 1 fully saturated rings. The Balaban J connectivity index is 2.30. The van der Waals surface area contributed by atoms with E-state index in [2.05, 4.69) is 25.1 Å². The first-order chi connectivity index (χ1) is 7.29. The Labute approximate surface area is 89.1 Å². The van der Waals surface area contributed by atoms with Gasteiger partial charge in [-0.2, -0.15) is 0 Å². The molecule has 1 aliphatic carbocycles. The van der Waals surface area contributed by atoms with E-state index >= 15 is 0 Å². The third kappa shape index (κ3) is 1.37. The van der Waals surface area contributed by atoms with Crippen molar-refractivity contribution in [1.29, 1.82) is 0 Å². The highest BCUT2D eigenvalue weighted by atomic mass is 16.3. The van der Waals surface area contributed by atoms with E-state index in [1.165, 1.54) is 29.4 Å². The summed E-state index contributed by atoms with van der Waals surface area (Å²) in [6.45, 7) is 2.63. The van der Waals surface area contributed by atoms with Gasteiger partial charge >= 0.3 is 0 Å². The SMILES string of the molecule is Cc1ccc2oc(CN)c(C3CC3)c2c1. The monoisotopic (exact) mass is 201 g/mol. The van der Waals surface area contributed by atoms with Crippen LogP contribution in [0.4, 0.5) is 0 Å². The molecule has 1 aliphatic rings. The Hall–Kier alpha value is -1.28. The quantitative estimate of drug-likeness (QED) is 0.811. The number of benzene rings is 1. The van der Waals surface area contributed by atoms with Crippen molar-refractivity contribution in [3.63, 3.8) is 0 Å². The Morgan fingerprint density at radius 3 is 2.87 bits per heavy atom. The van der Waals surface area contributed by atoms with Crippen molar-refractivity contribution in [2.24, 2.45) is 5.73 Å². The van der Waals surface area contributed by atoms with Crippen molar-refractivity contribution in [1.82, 2.24) is 0 Å². The summed E-state index contributed by atoms with van der Waals surface area (Å²) in [6.07, 6.45) is 2.57. The van der Waals surface area contributed by atoms with E-state index in [1.54, 1.807) is 0 Å². The van der Waals surface area contributed by atoms with E-state index < -0.39 is 0 Å². The van der Waals surface area contributed by atoms with E-state index in [-0.39, 0.29) is 0 Å². The largest absolute Gasteiger partial charge is 0.459 e. The first-order valence-electron chi connectivity index (χ1n) is 5.51. The first kappa shape index (κ1) is 8.98. The molecule has 3 rings (SSSR count). The van der Waals surface area contributed by atoms with Gasteiger partial charge in [-0.15, -0.1) is 0 Å². The molecule has 0 amide bonds. The molecule has 15 heavy (non-hydrogen) atoms. The molecule has 0 atom stereocenters. The van der Waals surface area contributed by atoms with Crippen LogP contribution in [-0.2, 0) is 6.54 Å². The second-order valence-electron chi connectivity index (χ2n) is 4.42. The van der Waals surface area contributed by atoms with Crippen molar-refractivity contribution in [2.75, 3.05) is 0 Å². The van der Waals surface area contributed by atoms with Crippen LogP contribution in [0.5, 0.6) is 0 Å². The molecule has 0 spiro atoms. The van der Waals surface area contributed by atoms with Crippen LogP contribution >= 0.6 is 0 Å². The molecule has 0 unspecified atom stereocenters. The molecule has 0 saturated heterocycles.